The Labute approximate surface area is 64.7 Å². The van der Waals surface area contributed by atoms with Gasteiger partial charge >= 0.3 is 0 Å². The van der Waals surface area contributed by atoms with E-state index in [0.29, 0.717) is 0 Å². The molecule has 60 valence electrons. The summed E-state index contributed by atoms with van der Waals surface area (Å²) < 4.78 is 9.94. The third-order valence-electron chi connectivity index (χ3n) is 1.80. The van der Waals surface area contributed by atoms with Crippen LogP contribution in [0.3, 0.4) is 0 Å². The van der Waals surface area contributed by atoms with E-state index in [0.717, 1.165) is 32.0 Å². The number of aromatic nitrogens is 1. The third kappa shape index (κ3) is 1.35. The van der Waals surface area contributed by atoms with Crippen LogP contribution in [-0.4, -0.2) is 31.5 Å². The van der Waals surface area contributed by atoms with Crippen molar-refractivity contribution in [1.82, 2.24) is 5.16 Å². The first-order valence-electron chi connectivity index (χ1n) is 3.69. The molecule has 0 amide bonds. The molecule has 1 aliphatic heterocycles. The van der Waals surface area contributed by atoms with E-state index in [1.54, 1.807) is 12.5 Å². The zero-order valence-corrected chi connectivity index (χ0v) is 6.19. The molecule has 1 aromatic heterocycles. The molecule has 0 bridgehead atoms. The first-order valence-corrected chi connectivity index (χ1v) is 3.69. The van der Waals surface area contributed by atoms with Gasteiger partial charge in [-0.1, -0.05) is 5.16 Å². The number of hydrogen-bond acceptors (Lipinski definition) is 4. The van der Waals surface area contributed by atoms with Crippen LogP contribution >= 0.6 is 0 Å². The molecule has 0 atom stereocenters. The van der Waals surface area contributed by atoms with E-state index in [2.05, 4.69) is 10.1 Å². The van der Waals surface area contributed by atoms with E-state index in [1.165, 1.54) is 0 Å². The lowest BCUT2D eigenvalue weighted by atomic mass is 10.4. The normalized spacial score (nSPS) is 18.7. The first kappa shape index (κ1) is 6.67. The van der Waals surface area contributed by atoms with Gasteiger partial charge in [-0.3, -0.25) is 0 Å². The summed E-state index contributed by atoms with van der Waals surface area (Å²) in [7, 11) is 0. The van der Waals surface area contributed by atoms with Gasteiger partial charge in [-0.2, -0.15) is 0 Å². The number of anilines is 1. The van der Waals surface area contributed by atoms with Gasteiger partial charge in [0.15, 0.2) is 0 Å². The van der Waals surface area contributed by atoms with Gasteiger partial charge in [-0.15, -0.1) is 0 Å². The zero-order valence-electron chi connectivity index (χ0n) is 6.19. The maximum Gasteiger partial charge on any atom is 0.147 e. The van der Waals surface area contributed by atoms with Crippen LogP contribution in [0.25, 0.3) is 0 Å². The van der Waals surface area contributed by atoms with Gasteiger partial charge in [0.05, 0.1) is 25.1 Å². The second kappa shape index (κ2) is 2.92. The average molecular weight is 154 g/mol. The molecule has 1 saturated heterocycles. The highest BCUT2D eigenvalue weighted by Crippen LogP contribution is 2.13. The smallest absolute Gasteiger partial charge is 0.147 e. The highest BCUT2D eigenvalue weighted by molar-refractivity contribution is 5.40. The van der Waals surface area contributed by atoms with Crippen molar-refractivity contribution >= 4 is 5.69 Å². The van der Waals surface area contributed by atoms with Crippen LogP contribution in [0.1, 0.15) is 0 Å². The summed E-state index contributed by atoms with van der Waals surface area (Å²) in [6.45, 7) is 3.46. The molecule has 0 unspecified atom stereocenters. The lowest BCUT2D eigenvalue weighted by Gasteiger charge is -2.26. The molecule has 2 rings (SSSR count). The van der Waals surface area contributed by atoms with Gasteiger partial charge in [0, 0.05) is 13.1 Å². The quantitative estimate of drug-likeness (QED) is 0.590. The number of hydrogen-bond donors (Lipinski definition) is 0. The number of ether oxygens (including phenoxy) is 1. The van der Waals surface area contributed by atoms with Crippen LogP contribution in [0, 0.1) is 0 Å². The lowest BCUT2D eigenvalue weighted by Crippen LogP contribution is -2.35. The molecule has 0 spiro atoms. The zero-order chi connectivity index (χ0) is 7.52. The molecule has 0 aliphatic carbocycles. The maximum absolute atomic E-state index is 5.21. The SMILES string of the molecule is c1nocc1N1CCOCC1. The van der Waals surface area contributed by atoms with E-state index in [9.17, 15) is 0 Å². The van der Waals surface area contributed by atoms with Gasteiger partial charge in [0.1, 0.15) is 6.26 Å². The van der Waals surface area contributed by atoms with Crippen molar-refractivity contribution in [3.63, 3.8) is 0 Å². The summed E-state index contributed by atoms with van der Waals surface area (Å²) in [6.07, 6.45) is 3.39. The molecule has 1 aromatic rings. The Morgan fingerprint density at radius 2 is 2.18 bits per heavy atom. The fourth-order valence-corrected chi connectivity index (χ4v) is 1.18. The monoisotopic (exact) mass is 154 g/mol. The van der Waals surface area contributed by atoms with Crippen LogP contribution < -0.4 is 4.90 Å². The minimum absolute atomic E-state index is 0.797. The van der Waals surface area contributed by atoms with Crippen LogP contribution in [0.4, 0.5) is 5.69 Å². The maximum atomic E-state index is 5.21. The molecule has 1 fully saturated rings. The molecule has 0 N–H and O–H groups in total. The Morgan fingerprint density at radius 1 is 1.36 bits per heavy atom. The predicted octanol–water partition coefficient (Wildman–Crippen LogP) is 0.511. The lowest BCUT2D eigenvalue weighted by molar-refractivity contribution is 0.122. The highest BCUT2D eigenvalue weighted by atomic mass is 16.5. The number of morpholine rings is 1. The molecule has 4 heteroatoms. The number of nitrogens with zero attached hydrogens (tertiary/aromatic N) is 2. The molecule has 0 saturated carbocycles. The van der Waals surface area contributed by atoms with Crippen molar-refractivity contribution in [3.05, 3.63) is 12.5 Å². The van der Waals surface area contributed by atoms with Crippen LogP contribution in [0.15, 0.2) is 17.0 Å². The van der Waals surface area contributed by atoms with Gasteiger partial charge in [0.25, 0.3) is 0 Å². The van der Waals surface area contributed by atoms with Crippen LogP contribution in [0.5, 0.6) is 0 Å². The van der Waals surface area contributed by atoms with Gasteiger partial charge < -0.3 is 14.2 Å². The van der Waals surface area contributed by atoms with Crippen LogP contribution in [0.2, 0.25) is 0 Å². The van der Waals surface area contributed by atoms with Gasteiger partial charge in [0.2, 0.25) is 0 Å². The Hall–Kier alpha value is -1.03. The van der Waals surface area contributed by atoms with E-state index in [4.69, 9.17) is 9.26 Å². The van der Waals surface area contributed by atoms with E-state index < -0.39 is 0 Å². The molecule has 11 heavy (non-hydrogen) atoms. The summed E-state index contributed by atoms with van der Waals surface area (Å²) in [5.41, 5.74) is 1.05. The number of rotatable bonds is 1. The topological polar surface area (TPSA) is 38.5 Å². The molecule has 2 heterocycles. The van der Waals surface area contributed by atoms with Crippen LogP contribution in [-0.2, 0) is 4.74 Å². The van der Waals surface area contributed by atoms with Crippen molar-refractivity contribution in [2.75, 3.05) is 31.2 Å². The Balaban J connectivity index is 2.04. The summed E-state index contributed by atoms with van der Waals surface area (Å²) in [5, 5.41) is 3.64. The largest absolute Gasteiger partial charge is 0.378 e. The minimum Gasteiger partial charge on any atom is -0.378 e. The van der Waals surface area contributed by atoms with Crippen molar-refractivity contribution in [2.45, 2.75) is 0 Å². The third-order valence-corrected chi connectivity index (χ3v) is 1.80. The molecule has 0 aromatic carbocycles. The Kier molecular flexibility index (Phi) is 1.77. The molecular weight excluding hydrogens is 144 g/mol. The molecule has 4 nitrogen and oxygen atoms in total. The first-order chi connectivity index (χ1) is 5.47. The summed E-state index contributed by atoms with van der Waals surface area (Å²) in [4.78, 5) is 2.19. The Morgan fingerprint density at radius 3 is 2.82 bits per heavy atom. The summed E-state index contributed by atoms with van der Waals surface area (Å²) in [5.74, 6) is 0. The van der Waals surface area contributed by atoms with Crippen molar-refractivity contribution in [2.24, 2.45) is 0 Å². The van der Waals surface area contributed by atoms with E-state index in [1.807, 2.05) is 0 Å². The predicted molar refractivity (Wildman–Crippen MR) is 39.5 cm³/mol. The van der Waals surface area contributed by atoms with Crippen molar-refractivity contribution in [1.29, 1.82) is 0 Å². The molecule has 1 aliphatic rings. The minimum atomic E-state index is 0.797. The van der Waals surface area contributed by atoms with Crippen molar-refractivity contribution < 1.29 is 9.26 Å². The second-order valence-corrected chi connectivity index (χ2v) is 2.48. The summed E-state index contributed by atoms with van der Waals surface area (Å²) in [6, 6.07) is 0. The summed E-state index contributed by atoms with van der Waals surface area (Å²) >= 11 is 0. The Bertz CT molecular complexity index is 204. The fraction of sp³-hybridized carbons (Fsp3) is 0.571. The fourth-order valence-electron chi connectivity index (χ4n) is 1.18. The van der Waals surface area contributed by atoms with E-state index >= 15 is 0 Å². The highest BCUT2D eigenvalue weighted by Gasteiger charge is 2.11. The van der Waals surface area contributed by atoms with Gasteiger partial charge in [-0.25, -0.2) is 0 Å². The molecular formula is C7H10N2O2. The van der Waals surface area contributed by atoms with Gasteiger partial charge in [-0.05, 0) is 0 Å². The van der Waals surface area contributed by atoms with E-state index in [-0.39, 0.29) is 0 Å². The standard InChI is InChI=1S/C7H10N2O2/c1-3-10-4-2-9(1)7-5-8-11-6-7/h5-6H,1-4H2. The molecule has 0 radical (unpaired) electrons. The second-order valence-electron chi connectivity index (χ2n) is 2.48. The van der Waals surface area contributed by atoms with Crippen molar-refractivity contribution in [3.8, 4) is 0 Å². The average Bonchev–Trinajstić information content (AvgIpc) is 2.58.